The Bertz CT molecular complexity index is 248. The second kappa shape index (κ2) is 3.58. The monoisotopic (exact) mass is 170 g/mol. The van der Waals surface area contributed by atoms with Gasteiger partial charge >= 0.3 is 0 Å². The molecule has 0 saturated carbocycles. The van der Waals surface area contributed by atoms with Crippen LogP contribution < -0.4 is 5.32 Å². The van der Waals surface area contributed by atoms with E-state index in [2.05, 4.69) is 10.3 Å². The molecule has 0 bridgehead atoms. The van der Waals surface area contributed by atoms with Crippen LogP contribution in [-0.4, -0.2) is 11.5 Å². The first kappa shape index (κ1) is 8.34. The van der Waals surface area contributed by atoms with Crippen LogP contribution in [0.1, 0.15) is 12.6 Å². The largest absolute Gasteiger partial charge is 0.384 e. The van der Waals surface area contributed by atoms with E-state index in [0.29, 0.717) is 5.02 Å². The third-order valence-corrected chi connectivity index (χ3v) is 1.63. The third-order valence-electron chi connectivity index (χ3n) is 1.42. The highest BCUT2D eigenvalue weighted by molar-refractivity contribution is 6.30. The van der Waals surface area contributed by atoms with Crippen molar-refractivity contribution < 1.29 is 0 Å². The number of nitrogens with one attached hydrogen (secondary N) is 1. The molecule has 1 aromatic rings. The fourth-order valence-corrected chi connectivity index (χ4v) is 1.03. The van der Waals surface area contributed by atoms with Gasteiger partial charge in [-0.25, -0.2) is 0 Å². The Balaban J connectivity index is 2.93. The van der Waals surface area contributed by atoms with Crippen molar-refractivity contribution >= 4 is 17.3 Å². The van der Waals surface area contributed by atoms with E-state index in [0.717, 1.165) is 17.9 Å². The quantitative estimate of drug-likeness (QED) is 0.738. The Morgan fingerprint density at radius 1 is 1.64 bits per heavy atom. The molecule has 1 heterocycles. The van der Waals surface area contributed by atoms with Crippen LogP contribution in [0.2, 0.25) is 5.02 Å². The maximum Gasteiger partial charge on any atom is 0.0610 e. The lowest BCUT2D eigenvalue weighted by atomic mass is 10.3. The Hall–Kier alpha value is -0.760. The Morgan fingerprint density at radius 2 is 2.36 bits per heavy atom. The predicted octanol–water partition coefficient (Wildman–Crippen LogP) is 2.48. The molecular formula is C8H11ClN2. The van der Waals surface area contributed by atoms with E-state index in [1.54, 1.807) is 6.20 Å². The molecule has 0 aliphatic heterocycles. The summed E-state index contributed by atoms with van der Waals surface area (Å²) in [6.45, 7) is 4.89. The lowest BCUT2D eigenvalue weighted by Crippen LogP contribution is -1.99. The summed E-state index contributed by atoms with van der Waals surface area (Å²) in [5.74, 6) is 0. The van der Waals surface area contributed by atoms with E-state index in [-0.39, 0.29) is 0 Å². The summed E-state index contributed by atoms with van der Waals surface area (Å²) >= 11 is 5.75. The van der Waals surface area contributed by atoms with Crippen LogP contribution in [0.3, 0.4) is 0 Å². The number of aromatic nitrogens is 1. The predicted molar refractivity (Wildman–Crippen MR) is 48.1 cm³/mol. The van der Waals surface area contributed by atoms with Gasteiger partial charge < -0.3 is 5.32 Å². The molecule has 0 saturated heterocycles. The molecule has 0 atom stereocenters. The van der Waals surface area contributed by atoms with Gasteiger partial charge in [0, 0.05) is 12.7 Å². The molecule has 3 heteroatoms. The zero-order valence-electron chi connectivity index (χ0n) is 6.69. The van der Waals surface area contributed by atoms with Gasteiger partial charge in [-0.2, -0.15) is 0 Å². The molecule has 0 unspecified atom stereocenters. The lowest BCUT2D eigenvalue weighted by Gasteiger charge is -2.05. The fourth-order valence-electron chi connectivity index (χ4n) is 0.877. The molecule has 2 nitrogen and oxygen atoms in total. The van der Waals surface area contributed by atoms with Crippen LogP contribution in [0.25, 0.3) is 0 Å². The van der Waals surface area contributed by atoms with Crippen molar-refractivity contribution in [3.63, 3.8) is 0 Å². The minimum Gasteiger partial charge on any atom is -0.384 e. The molecule has 0 aliphatic rings. The van der Waals surface area contributed by atoms with Crippen LogP contribution >= 0.6 is 11.6 Å². The van der Waals surface area contributed by atoms with Gasteiger partial charge in [0.2, 0.25) is 0 Å². The number of hydrogen-bond acceptors (Lipinski definition) is 2. The molecule has 0 radical (unpaired) electrons. The summed E-state index contributed by atoms with van der Waals surface area (Å²) in [5.41, 5.74) is 2.00. The summed E-state index contributed by atoms with van der Waals surface area (Å²) in [6, 6.07) is 1.88. The highest BCUT2D eigenvalue weighted by Crippen LogP contribution is 2.16. The van der Waals surface area contributed by atoms with E-state index >= 15 is 0 Å². The average Bonchev–Trinajstić information content (AvgIpc) is 1.98. The zero-order chi connectivity index (χ0) is 8.27. The fraction of sp³-hybridized carbons (Fsp3) is 0.375. The van der Waals surface area contributed by atoms with Gasteiger partial charge in [-0.1, -0.05) is 11.6 Å². The standard InChI is InChI=1S/C8H11ClN2/c1-3-10-8-4-7(9)5-11-6(8)2/h4-5,10H,3H2,1-2H3. The van der Waals surface area contributed by atoms with E-state index in [1.165, 1.54) is 0 Å². The molecule has 0 amide bonds. The SMILES string of the molecule is CCNc1cc(Cl)cnc1C. The van der Waals surface area contributed by atoms with Gasteiger partial charge in [-0.05, 0) is 19.9 Å². The van der Waals surface area contributed by atoms with Crippen LogP contribution in [0.15, 0.2) is 12.3 Å². The topological polar surface area (TPSA) is 24.9 Å². The van der Waals surface area contributed by atoms with Crippen LogP contribution in [0.4, 0.5) is 5.69 Å². The smallest absolute Gasteiger partial charge is 0.0610 e. The highest BCUT2D eigenvalue weighted by atomic mass is 35.5. The number of rotatable bonds is 2. The molecule has 60 valence electrons. The minimum atomic E-state index is 0.673. The number of pyridine rings is 1. The van der Waals surface area contributed by atoms with Crippen molar-refractivity contribution in [2.75, 3.05) is 11.9 Å². The molecule has 1 rings (SSSR count). The maximum atomic E-state index is 5.75. The van der Waals surface area contributed by atoms with Crippen molar-refractivity contribution in [3.8, 4) is 0 Å². The van der Waals surface area contributed by atoms with Crippen molar-refractivity contribution in [2.24, 2.45) is 0 Å². The van der Waals surface area contributed by atoms with E-state index in [4.69, 9.17) is 11.6 Å². The first-order valence-corrected chi connectivity index (χ1v) is 3.98. The van der Waals surface area contributed by atoms with Gasteiger partial charge in [0.25, 0.3) is 0 Å². The zero-order valence-corrected chi connectivity index (χ0v) is 7.44. The van der Waals surface area contributed by atoms with Gasteiger partial charge in [0.15, 0.2) is 0 Å². The summed E-state index contributed by atoms with van der Waals surface area (Å²) in [4.78, 5) is 4.10. The van der Waals surface area contributed by atoms with Gasteiger partial charge in [0.1, 0.15) is 0 Å². The first-order valence-electron chi connectivity index (χ1n) is 3.60. The summed E-state index contributed by atoms with van der Waals surface area (Å²) in [7, 11) is 0. The third kappa shape index (κ3) is 2.09. The summed E-state index contributed by atoms with van der Waals surface area (Å²) in [6.07, 6.45) is 1.65. The molecule has 1 N–H and O–H groups in total. The number of hydrogen-bond donors (Lipinski definition) is 1. The molecule has 0 fully saturated rings. The van der Waals surface area contributed by atoms with Crippen LogP contribution in [0, 0.1) is 6.92 Å². The van der Waals surface area contributed by atoms with Crippen molar-refractivity contribution in [1.29, 1.82) is 0 Å². The average molecular weight is 171 g/mol. The molecule has 11 heavy (non-hydrogen) atoms. The van der Waals surface area contributed by atoms with E-state index < -0.39 is 0 Å². The maximum absolute atomic E-state index is 5.75. The summed E-state index contributed by atoms with van der Waals surface area (Å²) < 4.78 is 0. The van der Waals surface area contributed by atoms with Gasteiger partial charge in [-0.3, -0.25) is 4.98 Å². The second-order valence-electron chi connectivity index (χ2n) is 2.32. The number of nitrogens with zero attached hydrogens (tertiary/aromatic N) is 1. The van der Waals surface area contributed by atoms with Crippen molar-refractivity contribution in [1.82, 2.24) is 4.98 Å². The highest BCUT2D eigenvalue weighted by Gasteiger charge is 1.97. The lowest BCUT2D eigenvalue weighted by molar-refractivity contribution is 1.14. The van der Waals surface area contributed by atoms with E-state index in [1.807, 2.05) is 19.9 Å². The number of anilines is 1. The Kier molecular flexibility index (Phi) is 2.71. The molecule has 0 aromatic carbocycles. The molecular weight excluding hydrogens is 160 g/mol. The Morgan fingerprint density at radius 3 is 3.00 bits per heavy atom. The molecule has 0 spiro atoms. The van der Waals surface area contributed by atoms with Crippen LogP contribution in [0.5, 0.6) is 0 Å². The van der Waals surface area contributed by atoms with Crippen LogP contribution in [-0.2, 0) is 0 Å². The molecule has 0 aliphatic carbocycles. The first-order chi connectivity index (χ1) is 5.24. The van der Waals surface area contributed by atoms with Crippen molar-refractivity contribution in [2.45, 2.75) is 13.8 Å². The van der Waals surface area contributed by atoms with Crippen molar-refractivity contribution in [3.05, 3.63) is 23.0 Å². The number of aryl methyl sites for hydroxylation is 1. The second-order valence-corrected chi connectivity index (χ2v) is 2.75. The van der Waals surface area contributed by atoms with Gasteiger partial charge in [-0.15, -0.1) is 0 Å². The Labute approximate surface area is 71.6 Å². The number of halogens is 1. The van der Waals surface area contributed by atoms with E-state index in [9.17, 15) is 0 Å². The summed E-state index contributed by atoms with van der Waals surface area (Å²) in [5, 5.41) is 3.84. The molecule has 1 aromatic heterocycles. The van der Waals surface area contributed by atoms with Gasteiger partial charge in [0.05, 0.1) is 16.4 Å². The minimum absolute atomic E-state index is 0.673. The normalized spacial score (nSPS) is 9.73.